The van der Waals surface area contributed by atoms with Crippen LogP contribution >= 0.6 is 0 Å². The monoisotopic (exact) mass is 558 g/mol. The number of ketones is 1. The predicted octanol–water partition coefficient (Wildman–Crippen LogP) is 4.00. The van der Waals surface area contributed by atoms with Gasteiger partial charge in [0.05, 0.1) is 18.8 Å². The van der Waals surface area contributed by atoms with Crippen molar-refractivity contribution < 1.29 is 14.4 Å². The molecule has 1 unspecified atom stereocenters. The van der Waals surface area contributed by atoms with Crippen molar-refractivity contribution in [3.63, 3.8) is 0 Å². The Balaban J connectivity index is 1.25. The third-order valence-corrected chi connectivity index (χ3v) is 7.22. The van der Waals surface area contributed by atoms with Gasteiger partial charge in [-0.05, 0) is 35.2 Å². The second kappa shape index (κ2) is 13.5. The van der Waals surface area contributed by atoms with Crippen molar-refractivity contribution in [3.05, 3.63) is 143 Å². The van der Waals surface area contributed by atoms with Crippen LogP contribution in [0.15, 0.2) is 102 Å². The number of nitrogens with one attached hydrogen (secondary N) is 2. The van der Waals surface area contributed by atoms with E-state index in [1.54, 1.807) is 42.9 Å². The fourth-order valence-electron chi connectivity index (χ4n) is 5.10. The first-order valence-electron chi connectivity index (χ1n) is 13.9. The normalized spacial score (nSPS) is 13.1. The zero-order valence-electron chi connectivity index (χ0n) is 23.1. The highest BCUT2D eigenvalue weighted by atomic mass is 16.2. The summed E-state index contributed by atoms with van der Waals surface area (Å²) in [5.41, 5.74) is 10.6. The van der Waals surface area contributed by atoms with Crippen LogP contribution < -0.4 is 16.4 Å². The quantitative estimate of drug-likeness (QED) is 0.227. The summed E-state index contributed by atoms with van der Waals surface area (Å²) in [6.07, 6.45) is 4.22. The first-order chi connectivity index (χ1) is 20.5. The number of nitrogens with zero attached hydrogens (tertiary/aromatic N) is 2. The van der Waals surface area contributed by atoms with E-state index in [-0.39, 0.29) is 24.2 Å². The maximum absolute atomic E-state index is 12.7. The molecular weight excluding hydrogens is 526 g/mol. The summed E-state index contributed by atoms with van der Waals surface area (Å²) in [7, 11) is 0. The fourth-order valence-corrected chi connectivity index (χ4v) is 5.10. The molecule has 0 fully saturated rings. The largest absolute Gasteiger partial charge is 0.372 e. The molecule has 3 aromatic carbocycles. The van der Waals surface area contributed by atoms with Crippen molar-refractivity contribution in [2.45, 2.75) is 25.3 Å². The van der Waals surface area contributed by atoms with Gasteiger partial charge in [-0.2, -0.15) is 0 Å². The number of aliphatic imine (C=N–C) groups is 1. The van der Waals surface area contributed by atoms with Crippen LogP contribution in [0, 0.1) is 6.42 Å². The van der Waals surface area contributed by atoms with E-state index >= 15 is 0 Å². The second-order valence-electron chi connectivity index (χ2n) is 10.0. The number of rotatable bonds is 12. The van der Waals surface area contributed by atoms with Crippen molar-refractivity contribution in [2.75, 3.05) is 13.1 Å². The van der Waals surface area contributed by atoms with Crippen LogP contribution in [0.1, 0.15) is 61.0 Å². The number of hydrogen-bond acceptors (Lipinski definition) is 6. The van der Waals surface area contributed by atoms with Gasteiger partial charge in [-0.25, -0.2) is 0 Å². The lowest BCUT2D eigenvalue weighted by Gasteiger charge is -2.21. The fraction of sp³-hybridized carbons (Fsp3) is 0.176. The number of carbonyl (C=O) groups is 3. The molecule has 1 aromatic heterocycles. The highest BCUT2D eigenvalue weighted by Gasteiger charge is 2.25. The van der Waals surface area contributed by atoms with Gasteiger partial charge in [0.15, 0.2) is 5.78 Å². The Kier molecular flexibility index (Phi) is 9.13. The lowest BCUT2D eigenvalue weighted by Crippen LogP contribution is -2.27. The SMILES string of the molecule is NC(=O)c1c(CNC(=O)[CH]Cc2ccc(C(=O)c3ccccc3)cc2)cccc1C(CC1=NCCN1)c1ccccn1. The molecular formula is C34H32N5O3. The molecule has 42 heavy (non-hydrogen) atoms. The van der Waals surface area contributed by atoms with Gasteiger partial charge in [-0.3, -0.25) is 24.4 Å². The van der Waals surface area contributed by atoms with Crippen molar-refractivity contribution in [3.8, 4) is 0 Å². The summed E-state index contributed by atoms with van der Waals surface area (Å²) in [4.78, 5) is 47.2. The van der Waals surface area contributed by atoms with E-state index in [4.69, 9.17) is 5.73 Å². The number of amides is 2. The molecule has 2 amide bonds. The Hall–Kier alpha value is -5.11. The molecule has 1 aliphatic rings. The van der Waals surface area contributed by atoms with Gasteiger partial charge in [-0.15, -0.1) is 0 Å². The Morgan fingerprint density at radius 2 is 1.67 bits per heavy atom. The van der Waals surface area contributed by atoms with Crippen LogP contribution in [0.4, 0.5) is 0 Å². The predicted molar refractivity (Wildman–Crippen MR) is 162 cm³/mol. The third kappa shape index (κ3) is 6.96. The molecule has 8 heteroatoms. The number of hydrogen-bond donors (Lipinski definition) is 3. The van der Waals surface area contributed by atoms with Crippen molar-refractivity contribution >= 4 is 23.4 Å². The second-order valence-corrected chi connectivity index (χ2v) is 10.0. The van der Waals surface area contributed by atoms with E-state index < -0.39 is 5.91 Å². The minimum absolute atomic E-state index is 0.0471. The van der Waals surface area contributed by atoms with Crippen LogP contribution in [-0.4, -0.2) is 41.5 Å². The van der Waals surface area contributed by atoms with Gasteiger partial charge in [0.1, 0.15) is 0 Å². The van der Waals surface area contributed by atoms with Crippen LogP contribution in [-0.2, 0) is 17.8 Å². The lowest BCUT2D eigenvalue weighted by atomic mass is 9.85. The lowest BCUT2D eigenvalue weighted by molar-refractivity contribution is -0.118. The van der Waals surface area contributed by atoms with E-state index in [2.05, 4.69) is 20.6 Å². The summed E-state index contributed by atoms with van der Waals surface area (Å²) < 4.78 is 0. The first-order valence-corrected chi connectivity index (χ1v) is 13.9. The zero-order chi connectivity index (χ0) is 29.3. The number of aromatic nitrogens is 1. The summed E-state index contributed by atoms with van der Waals surface area (Å²) in [5, 5.41) is 6.19. The van der Waals surface area contributed by atoms with Crippen LogP contribution in [0.2, 0.25) is 0 Å². The minimum atomic E-state index is -0.564. The molecule has 0 aliphatic carbocycles. The van der Waals surface area contributed by atoms with E-state index in [0.717, 1.165) is 29.2 Å². The van der Waals surface area contributed by atoms with E-state index in [9.17, 15) is 14.4 Å². The molecule has 1 atom stereocenters. The zero-order valence-corrected chi connectivity index (χ0v) is 23.1. The Morgan fingerprint density at radius 1 is 0.905 bits per heavy atom. The molecule has 0 bridgehead atoms. The topological polar surface area (TPSA) is 127 Å². The van der Waals surface area contributed by atoms with E-state index in [0.29, 0.717) is 41.6 Å². The van der Waals surface area contributed by atoms with Crippen LogP contribution in [0.25, 0.3) is 0 Å². The highest BCUT2D eigenvalue weighted by Crippen LogP contribution is 2.31. The van der Waals surface area contributed by atoms with Crippen LogP contribution in [0.5, 0.6) is 0 Å². The third-order valence-electron chi connectivity index (χ3n) is 7.22. The average molecular weight is 559 g/mol. The number of carbonyl (C=O) groups excluding carboxylic acids is 3. The van der Waals surface area contributed by atoms with Crippen LogP contribution in [0.3, 0.4) is 0 Å². The minimum Gasteiger partial charge on any atom is -0.372 e. The summed E-state index contributed by atoms with van der Waals surface area (Å²) in [6, 6.07) is 27.6. The molecule has 5 rings (SSSR count). The molecule has 0 saturated carbocycles. The van der Waals surface area contributed by atoms with Crippen molar-refractivity contribution in [1.29, 1.82) is 0 Å². The average Bonchev–Trinajstić information content (AvgIpc) is 3.55. The standard InChI is InChI=1S/C34H32N5O3/c35-34(42)32-26(9-6-10-27(32)28(21-30-37-19-20-38-30)29-11-4-5-18-36-29)22-39-31(40)17-14-23-12-15-25(16-13-23)33(41)24-7-2-1-3-8-24/h1-13,15-18,28H,14,19-22H2,(H2,35,42)(H,37,38)(H,39,40). The molecule has 4 N–H and O–H groups in total. The maximum Gasteiger partial charge on any atom is 0.249 e. The highest BCUT2D eigenvalue weighted by molar-refractivity contribution is 6.09. The van der Waals surface area contributed by atoms with Gasteiger partial charge < -0.3 is 16.4 Å². The Morgan fingerprint density at radius 3 is 2.36 bits per heavy atom. The molecule has 0 saturated heterocycles. The van der Waals surface area contributed by atoms with Gasteiger partial charge in [0.25, 0.3) is 0 Å². The number of nitrogens with two attached hydrogens (primary N) is 1. The Labute approximate surface area is 245 Å². The summed E-state index contributed by atoms with van der Waals surface area (Å²) in [5.74, 6) is -0.254. The van der Waals surface area contributed by atoms with Gasteiger partial charge in [-0.1, -0.05) is 78.9 Å². The van der Waals surface area contributed by atoms with E-state index in [1.807, 2.05) is 60.7 Å². The first kappa shape index (κ1) is 28.4. The van der Waals surface area contributed by atoms with Gasteiger partial charge in [0, 0.05) is 54.0 Å². The Bertz CT molecular complexity index is 1590. The summed E-state index contributed by atoms with van der Waals surface area (Å²) >= 11 is 0. The van der Waals surface area contributed by atoms with Crippen molar-refractivity contribution in [2.24, 2.45) is 10.7 Å². The van der Waals surface area contributed by atoms with Gasteiger partial charge in [0.2, 0.25) is 11.8 Å². The number of primary amides is 1. The maximum atomic E-state index is 12.7. The molecule has 1 aliphatic heterocycles. The summed E-state index contributed by atoms with van der Waals surface area (Å²) in [6.45, 7) is 1.64. The van der Waals surface area contributed by atoms with Gasteiger partial charge >= 0.3 is 0 Å². The number of benzene rings is 3. The number of amidine groups is 1. The van der Waals surface area contributed by atoms with E-state index in [1.165, 1.54) is 0 Å². The number of pyridine rings is 1. The molecule has 1 radical (unpaired) electrons. The molecule has 0 spiro atoms. The molecule has 8 nitrogen and oxygen atoms in total. The molecule has 2 heterocycles. The molecule has 211 valence electrons. The van der Waals surface area contributed by atoms with Crippen molar-refractivity contribution in [1.82, 2.24) is 15.6 Å². The smallest absolute Gasteiger partial charge is 0.249 e. The molecule has 4 aromatic rings.